The van der Waals surface area contributed by atoms with E-state index in [0.717, 1.165) is 29.9 Å². The van der Waals surface area contributed by atoms with Crippen molar-refractivity contribution in [2.75, 3.05) is 7.05 Å². The molecule has 0 saturated heterocycles. The van der Waals surface area contributed by atoms with Crippen LogP contribution in [0.4, 0.5) is 0 Å². The number of aromatic nitrogens is 4. The normalized spacial score (nSPS) is 12.6. The zero-order chi connectivity index (χ0) is 13.0. The van der Waals surface area contributed by atoms with Crippen molar-refractivity contribution in [1.82, 2.24) is 25.3 Å². The lowest BCUT2D eigenvalue weighted by Gasteiger charge is -2.17. The van der Waals surface area contributed by atoms with Gasteiger partial charge in [0, 0.05) is 18.4 Å². The molecule has 0 fully saturated rings. The van der Waals surface area contributed by atoms with Gasteiger partial charge in [0.15, 0.2) is 0 Å². The SMILES string of the molecule is CCCn1nncc1C(NC)c1ccc(C)nc1. The Morgan fingerprint density at radius 3 is 2.78 bits per heavy atom. The van der Waals surface area contributed by atoms with E-state index in [9.17, 15) is 0 Å². The molecule has 0 aliphatic carbocycles. The molecule has 5 nitrogen and oxygen atoms in total. The fraction of sp³-hybridized carbons (Fsp3) is 0.462. The molecule has 0 spiro atoms. The molecular weight excluding hydrogens is 226 g/mol. The van der Waals surface area contributed by atoms with Crippen molar-refractivity contribution >= 4 is 0 Å². The summed E-state index contributed by atoms with van der Waals surface area (Å²) in [5.74, 6) is 0. The second-order valence-electron chi connectivity index (χ2n) is 4.34. The van der Waals surface area contributed by atoms with E-state index < -0.39 is 0 Å². The smallest absolute Gasteiger partial charge is 0.0802 e. The van der Waals surface area contributed by atoms with Gasteiger partial charge in [-0.2, -0.15) is 0 Å². The monoisotopic (exact) mass is 245 g/mol. The molecule has 5 heteroatoms. The molecular formula is C13H19N5. The highest BCUT2D eigenvalue weighted by atomic mass is 15.4. The van der Waals surface area contributed by atoms with E-state index in [1.807, 2.05) is 37.1 Å². The van der Waals surface area contributed by atoms with Crippen LogP contribution < -0.4 is 5.32 Å². The van der Waals surface area contributed by atoms with Gasteiger partial charge < -0.3 is 5.32 Å². The Bertz CT molecular complexity index is 488. The first-order chi connectivity index (χ1) is 8.76. The molecule has 2 rings (SSSR count). The summed E-state index contributed by atoms with van der Waals surface area (Å²) in [4.78, 5) is 4.34. The van der Waals surface area contributed by atoms with Crippen molar-refractivity contribution in [2.45, 2.75) is 32.9 Å². The molecule has 1 unspecified atom stereocenters. The zero-order valence-electron chi connectivity index (χ0n) is 11.1. The van der Waals surface area contributed by atoms with Gasteiger partial charge in [-0.1, -0.05) is 18.2 Å². The average molecular weight is 245 g/mol. The molecule has 2 aromatic heterocycles. The van der Waals surface area contributed by atoms with Crippen LogP contribution in [0.25, 0.3) is 0 Å². The highest BCUT2D eigenvalue weighted by molar-refractivity contribution is 5.25. The van der Waals surface area contributed by atoms with Crippen LogP contribution in [0.1, 0.15) is 36.3 Å². The van der Waals surface area contributed by atoms with Crippen molar-refractivity contribution in [3.63, 3.8) is 0 Å². The van der Waals surface area contributed by atoms with Crippen molar-refractivity contribution < 1.29 is 0 Å². The Balaban J connectivity index is 2.32. The Hall–Kier alpha value is -1.75. The molecule has 0 amide bonds. The van der Waals surface area contributed by atoms with E-state index in [4.69, 9.17) is 0 Å². The van der Waals surface area contributed by atoms with E-state index in [0.29, 0.717) is 0 Å². The minimum absolute atomic E-state index is 0.0830. The highest BCUT2D eigenvalue weighted by Crippen LogP contribution is 2.20. The zero-order valence-corrected chi connectivity index (χ0v) is 11.1. The Morgan fingerprint density at radius 2 is 2.17 bits per heavy atom. The molecule has 0 saturated carbocycles. The van der Waals surface area contributed by atoms with Gasteiger partial charge in [0.05, 0.1) is 17.9 Å². The van der Waals surface area contributed by atoms with Crippen molar-refractivity contribution in [3.05, 3.63) is 41.5 Å². The van der Waals surface area contributed by atoms with Crippen molar-refractivity contribution in [3.8, 4) is 0 Å². The van der Waals surface area contributed by atoms with Crippen LogP contribution in [-0.4, -0.2) is 27.0 Å². The molecule has 1 N–H and O–H groups in total. The molecule has 0 aliphatic rings. The maximum atomic E-state index is 4.34. The lowest BCUT2D eigenvalue weighted by Crippen LogP contribution is -2.21. The summed E-state index contributed by atoms with van der Waals surface area (Å²) in [7, 11) is 1.94. The van der Waals surface area contributed by atoms with E-state index >= 15 is 0 Å². The van der Waals surface area contributed by atoms with Gasteiger partial charge in [0.1, 0.15) is 0 Å². The summed E-state index contributed by atoms with van der Waals surface area (Å²) < 4.78 is 1.95. The first-order valence-corrected chi connectivity index (χ1v) is 6.24. The Kier molecular flexibility index (Phi) is 4.04. The van der Waals surface area contributed by atoms with Gasteiger partial charge in [-0.15, -0.1) is 5.10 Å². The standard InChI is InChI=1S/C13H19N5/c1-4-7-18-12(9-16-17-18)13(14-3)11-6-5-10(2)15-8-11/h5-6,8-9,13-14H,4,7H2,1-3H3. The maximum Gasteiger partial charge on any atom is 0.0802 e. The van der Waals surface area contributed by atoms with Crippen LogP contribution in [0.5, 0.6) is 0 Å². The predicted octanol–water partition coefficient (Wildman–Crippen LogP) is 1.70. The van der Waals surface area contributed by atoms with E-state index in [1.165, 1.54) is 0 Å². The van der Waals surface area contributed by atoms with Gasteiger partial charge in [-0.25, -0.2) is 4.68 Å². The maximum absolute atomic E-state index is 4.34. The van der Waals surface area contributed by atoms with Crippen LogP contribution in [0.3, 0.4) is 0 Å². The summed E-state index contributed by atoms with van der Waals surface area (Å²) >= 11 is 0. The number of nitrogens with one attached hydrogen (secondary N) is 1. The summed E-state index contributed by atoms with van der Waals surface area (Å²) in [5.41, 5.74) is 3.22. The largest absolute Gasteiger partial charge is 0.308 e. The Labute approximate surface area is 107 Å². The average Bonchev–Trinajstić information content (AvgIpc) is 2.82. The molecule has 2 aromatic rings. The summed E-state index contributed by atoms with van der Waals surface area (Å²) in [6, 6.07) is 4.19. The van der Waals surface area contributed by atoms with E-state index in [2.05, 4.69) is 33.6 Å². The fourth-order valence-corrected chi connectivity index (χ4v) is 2.01. The molecule has 0 radical (unpaired) electrons. The predicted molar refractivity (Wildman–Crippen MR) is 70.2 cm³/mol. The van der Waals surface area contributed by atoms with Gasteiger partial charge in [-0.3, -0.25) is 4.98 Å². The van der Waals surface area contributed by atoms with Gasteiger partial charge >= 0.3 is 0 Å². The highest BCUT2D eigenvalue weighted by Gasteiger charge is 2.17. The molecule has 0 bridgehead atoms. The lowest BCUT2D eigenvalue weighted by molar-refractivity contribution is 0.523. The third-order valence-corrected chi connectivity index (χ3v) is 2.94. The first-order valence-electron chi connectivity index (χ1n) is 6.24. The molecule has 0 aromatic carbocycles. The number of pyridine rings is 1. The van der Waals surface area contributed by atoms with Crippen LogP contribution in [0.2, 0.25) is 0 Å². The number of hydrogen-bond donors (Lipinski definition) is 1. The van der Waals surface area contributed by atoms with Crippen LogP contribution in [0.15, 0.2) is 24.5 Å². The molecule has 0 aliphatic heterocycles. The topological polar surface area (TPSA) is 55.6 Å². The second-order valence-corrected chi connectivity index (χ2v) is 4.34. The number of hydrogen-bond acceptors (Lipinski definition) is 4. The second kappa shape index (κ2) is 5.73. The van der Waals surface area contributed by atoms with Crippen LogP contribution >= 0.6 is 0 Å². The Morgan fingerprint density at radius 1 is 1.33 bits per heavy atom. The number of aryl methyl sites for hydroxylation is 2. The summed E-state index contributed by atoms with van der Waals surface area (Å²) in [6.07, 6.45) is 4.76. The molecule has 1 atom stereocenters. The minimum Gasteiger partial charge on any atom is -0.308 e. The molecule has 96 valence electrons. The number of rotatable bonds is 5. The third-order valence-electron chi connectivity index (χ3n) is 2.94. The fourth-order valence-electron chi connectivity index (χ4n) is 2.01. The van der Waals surface area contributed by atoms with Gasteiger partial charge in [0.2, 0.25) is 0 Å². The van der Waals surface area contributed by atoms with Gasteiger partial charge in [0.25, 0.3) is 0 Å². The summed E-state index contributed by atoms with van der Waals surface area (Å²) in [5, 5.41) is 11.4. The lowest BCUT2D eigenvalue weighted by atomic mass is 10.1. The van der Waals surface area contributed by atoms with Crippen LogP contribution in [-0.2, 0) is 6.54 Å². The van der Waals surface area contributed by atoms with Crippen molar-refractivity contribution in [2.24, 2.45) is 0 Å². The minimum atomic E-state index is 0.0830. The molecule has 18 heavy (non-hydrogen) atoms. The molecule has 2 heterocycles. The number of nitrogens with zero attached hydrogens (tertiary/aromatic N) is 4. The first kappa shape index (κ1) is 12.7. The van der Waals surface area contributed by atoms with Gasteiger partial charge in [-0.05, 0) is 32.0 Å². The quantitative estimate of drug-likeness (QED) is 0.871. The van der Waals surface area contributed by atoms with E-state index in [1.54, 1.807) is 0 Å². The van der Waals surface area contributed by atoms with E-state index in [-0.39, 0.29) is 6.04 Å². The van der Waals surface area contributed by atoms with Crippen molar-refractivity contribution in [1.29, 1.82) is 0 Å². The summed E-state index contributed by atoms with van der Waals surface area (Å²) in [6.45, 7) is 5.00. The van der Waals surface area contributed by atoms with Crippen LogP contribution in [0, 0.1) is 6.92 Å². The third kappa shape index (κ3) is 2.56.